The van der Waals surface area contributed by atoms with Gasteiger partial charge in [-0.1, -0.05) is 15.9 Å². The van der Waals surface area contributed by atoms with E-state index in [9.17, 15) is 0 Å². The lowest BCUT2D eigenvalue weighted by Crippen LogP contribution is -2.13. The molecule has 0 amide bonds. The van der Waals surface area contributed by atoms with Crippen molar-refractivity contribution in [3.05, 3.63) is 22.2 Å². The van der Waals surface area contributed by atoms with Crippen molar-refractivity contribution in [3.63, 3.8) is 0 Å². The van der Waals surface area contributed by atoms with Crippen LogP contribution < -0.4 is 9.47 Å². The molecule has 18 heavy (non-hydrogen) atoms. The molecule has 1 heterocycles. The van der Waals surface area contributed by atoms with E-state index in [1.165, 1.54) is 0 Å². The first-order chi connectivity index (χ1) is 8.67. The van der Waals surface area contributed by atoms with E-state index in [1.807, 2.05) is 12.1 Å². The monoisotopic (exact) mass is 378 g/mol. The van der Waals surface area contributed by atoms with Crippen LogP contribution in [0.3, 0.4) is 0 Å². The number of benzene rings is 1. The summed E-state index contributed by atoms with van der Waals surface area (Å²) in [5, 5.41) is 0. The average molecular weight is 380 g/mol. The Balaban J connectivity index is 2.34. The third-order valence-corrected chi connectivity index (χ3v) is 4.80. The molecule has 1 aliphatic heterocycles. The molecular weight excluding hydrogens is 364 g/mol. The first-order valence-corrected chi connectivity index (χ1v) is 7.55. The minimum Gasteiger partial charge on any atom is -0.496 e. The maximum absolute atomic E-state index is 5.72. The maximum atomic E-state index is 5.72. The van der Waals surface area contributed by atoms with Gasteiger partial charge in [-0.15, -0.1) is 0 Å². The van der Waals surface area contributed by atoms with Crippen LogP contribution in [0.5, 0.6) is 11.5 Å². The first-order valence-electron chi connectivity index (χ1n) is 5.84. The summed E-state index contributed by atoms with van der Waals surface area (Å²) in [6.07, 6.45) is 2.38. The highest BCUT2D eigenvalue weighted by molar-refractivity contribution is 9.10. The Morgan fingerprint density at radius 2 is 2.00 bits per heavy atom. The molecular formula is C13H16Br2O3. The number of halogens is 2. The van der Waals surface area contributed by atoms with E-state index in [0.29, 0.717) is 0 Å². The molecule has 1 aliphatic rings. The number of alkyl halides is 1. The fourth-order valence-electron chi connectivity index (χ4n) is 2.13. The minimum absolute atomic E-state index is 0.122. The summed E-state index contributed by atoms with van der Waals surface area (Å²) in [5.41, 5.74) is 1.06. The van der Waals surface area contributed by atoms with E-state index >= 15 is 0 Å². The van der Waals surface area contributed by atoms with Crippen molar-refractivity contribution in [2.24, 2.45) is 0 Å². The second kappa shape index (κ2) is 6.26. The molecule has 0 aliphatic carbocycles. The summed E-state index contributed by atoms with van der Waals surface area (Å²) in [6, 6.07) is 3.92. The fraction of sp³-hybridized carbons (Fsp3) is 0.538. The van der Waals surface area contributed by atoms with Crippen molar-refractivity contribution < 1.29 is 14.2 Å². The molecule has 2 rings (SSSR count). The molecule has 0 aromatic heterocycles. The van der Waals surface area contributed by atoms with Gasteiger partial charge in [0.15, 0.2) is 0 Å². The van der Waals surface area contributed by atoms with Crippen LogP contribution in [0.4, 0.5) is 0 Å². The molecule has 100 valence electrons. The van der Waals surface area contributed by atoms with E-state index in [2.05, 4.69) is 31.9 Å². The predicted octanol–water partition coefficient (Wildman–Crippen LogP) is 4.08. The summed E-state index contributed by atoms with van der Waals surface area (Å²) in [7, 11) is 3.33. The molecule has 1 fully saturated rings. The highest BCUT2D eigenvalue weighted by atomic mass is 79.9. The Morgan fingerprint density at radius 3 is 2.56 bits per heavy atom. The van der Waals surface area contributed by atoms with Gasteiger partial charge in [0, 0.05) is 12.2 Å². The number of rotatable bonds is 4. The lowest BCUT2D eigenvalue weighted by Gasteiger charge is -2.21. The van der Waals surface area contributed by atoms with Gasteiger partial charge < -0.3 is 14.2 Å². The van der Waals surface area contributed by atoms with Crippen molar-refractivity contribution in [2.45, 2.75) is 23.8 Å². The maximum Gasteiger partial charge on any atom is 0.133 e. The van der Waals surface area contributed by atoms with Crippen LogP contribution >= 0.6 is 31.9 Å². The zero-order valence-electron chi connectivity index (χ0n) is 10.4. The number of methoxy groups -OCH3 is 2. The van der Waals surface area contributed by atoms with Gasteiger partial charge in [-0.2, -0.15) is 0 Å². The Labute approximate surface area is 124 Å². The molecule has 2 atom stereocenters. The van der Waals surface area contributed by atoms with Crippen LogP contribution in [0, 0.1) is 0 Å². The molecule has 2 unspecified atom stereocenters. The molecule has 1 aromatic carbocycles. The molecule has 0 radical (unpaired) electrons. The van der Waals surface area contributed by atoms with Crippen molar-refractivity contribution >= 4 is 31.9 Å². The van der Waals surface area contributed by atoms with E-state index in [4.69, 9.17) is 14.2 Å². The van der Waals surface area contributed by atoms with Gasteiger partial charge in [0.2, 0.25) is 0 Å². The summed E-state index contributed by atoms with van der Waals surface area (Å²) < 4.78 is 17.4. The summed E-state index contributed by atoms with van der Waals surface area (Å²) in [4.78, 5) is 0.122. The fourth-order valence-corrected chi connectivity index (χ4v) is 3.39. The highest BCUT2D eigenvalue weighted by Gasteiger charge is 2.28. The number of hydrogen-bond donors (Lipinski definition) is 0. The quantitative estimate of drug-likeness (QED) is 0.737. The second-order valence-electron chi connectivity index (χ2n) is 4.18. The number of hydrogen-bond acceptors (Lipinski definition) is 3. The van der Waals surface area contributed by atoms with Crippen LogP contribution in [-0.4, -0.2) is 26.9 Å². The summed E-state index contributed by atoms with van der Waals surface area (Å²) >= 11 is 7.18. The van der Waals surface area contributed by atoms with Crippen molar-refractivity contribution in [1.29, 1.82) is 0 Å². The van der Waals surface area contributed by atoms with E-state index < -0.39 is 0 Å². The van der Waals surface area contributed by atoms with Crippen LogP contribution in [0.15, 0.2) is 16.6 Å². The first kappa shape index (κ1) is 14.2. The topological polar surface area (TPSA) is 27.7 Å². The molecule has 3 nitrogen and oxygen atoms in total. The van der Waals surface area contributed by atoms with Crippen molar-refractivity contribution in [2.75, 3.05) is 20.8 Å². The van der Waals surface area contributed by atoms with Crippen LogP contribution in [-0.2, 0) is 4.74 Å². The molecule has 0 N–H and O–H groups in total. The van der Waals surface area contributed by atoms with Gasteiger partial charge in [-0.25, -0.2) is 0 Å². The van der Waals surface area contributed by atoms with Crippen LogP contribution in [0.2, 0.25) is 0 Å². The Bertz CT molecular complexity index is 417. The van der Waals surface area contributed by atoms with Gasteiger partial charge in [-0.05, 0) is 40.9 Å². The third kappa shape index (κ3) is 2.83. The normalized spacial score (nSPS) is 20.8. The minimum atomic E-state index is 0.122. The average Bonchev–Trinajstić information content (AvgIpc) is 2.91. The van der Waals surface area contributed by atoms with Gasteiger partial charge in [-0.3, -0.25) is 0 Å². The van der Waals surface area contributed by atoms with Crippen molar-refractivity contribution in [3.8, 4) is 11.5 Å². The van der Waals surface area contributed by atoms with Gasteiger partial charge in [0.25, 0.3) is 0 Å². The van der Waals surface area contributed by atoms with E-state index in [0.717, 1.165) is 41.0 Å². The van der Waals surface area contributed by atoms with Gasteiger partial charge >= 0.3 is 0 Å². The van der Waals surface area contributed by atoms with Crippen LogP contribution in [0.25, 0.3) is 0 Å². The van der Waals surface area contributed by atoms with E-state index in [-0.39, 0.29) is 10.9 Å². The smallest absolute Gasteiger partial charge is 0.133 e. The lowest BCUT2D eigenvalue weighted by molar-refractivity contribution is 0.110. The molecule has 0 bridgehead atoms. The largest absolute Gasteiger partial charge is 0.496 e. The summed E-state index contributed by atoms with van der Waals surface area (Å²) in [5.74, 6) is 1.63. The summed E-state index contributed by atoms with van der Waals surface area (Å²) in [6.45, 7) is 0.836. The molecule has 5 heteroatoms. The zero-order chi connectivity index (χ0) is 13.1. The molecule has 1 saturated heterocycles. The molecule has 1 aromatic rings. The van der Waals surface area contributed by atoms with Crippen molar-refractivity contribution in [1.82, 2.24) is 0 Å². The van der Waals surface area contributed by atoms with Gasteiger partial charge in [0.05, 0.1) is 29.6 Å². The predicted molar refractivity (Wildman–Crippen MR) is 77.9 cm³/mol. The van der Waals surface area contributed by atoms with Crippen LogP contribution in [0.1, 0.15) is 23.2 Å². The SMILES string of the molecule is COc1cc(C(Br)C2CCCO2)c(OC)cc1Br. The lowest BCUT2D eigenvalue weighted by atomic mass is 10.0. The van der Waals surface area contributed by atoms with E-state index in [1.54, 1.807) is 14.2 Å². The third-order valence-electron chi connectivity index (χ3n) is 3.09. The Hall–Kier alpha value is -0.260. The second-order valence-corrected chi connectivity index (χ2v) is 6.02. The highest BCUT2D eigenvalue weighted by Crippen LogP contribution is 2.42. The molecule has 0 spiro atoms. The Kier molecular flexibility index (Phi) is 4.92. The van der Waals surface area contributed by atoms with Gasteiger partial charge in [0.1, 0.15) is 11.5 Å². The standard InChI is InChI=1S/C13H16Br2O3/c1-16-11-7-9(14)12(17-2)6-8(11)13(15)10-4-3-5-18-10/h6-7,10,13H,3-5H2,1-2H3. The Morgan fingerprint density at radius 1 is 1.28 bits per heavy atom. The number of ether oxygens (including phenoxy) is 3. The zero-order valence-corrected chi connectivity index (χ0v) is 13.6. The molecule has 0 saturated carbocycles.